The highest BCUT2D eigenvalue weighted by Crippen LogP contribution is 2.42. The SMILES string of the molecule is CN(Nc1c(F)c(Cl)c(-c2ccn3nc(NC(=O)[C@@H]4C[C@@H]4F)cc3c2)c2cn[nH]c12)C(=O)OC(C)(C)C. The number of carbonyl (C=O) groups is 2. The van der Waals surface area contributed by atoms with Gasteiger partial charge in [-0.15, -0.1) is 0 Å². The molecule has 2 amide bonds. The zero-order valence-corrected chi connectivity index (χ0v) is 21.2. The summed E-state index contributed by atoms with van der Waals surface area (Å²) in [4.78, 5) is 24.4. The number of hydrogen-bond acceptors (Lipinski definition) is 6. The van der Waals surface area contributed by atoms with Crippen LogP contribution in [0, 0.1) is 11.7 Å². The Bertz CT molecular complexity index is 1540. The van der Waals surface area contributed by atoms with E-state index in [1.54, 1.807) is 45.2 Å². The molecule has 0 unspecified atom stereocenters. The van der Waals surface area contributed by atoms with Gasteiger partial charge in [-0.3, -0.25) is 15.3 Å². The zero-order chi connectivity index (χ0) is 26.6. The number of amides is 2. The van der Waals surface area contributed by atoms with Crippen LogP contribution in [0.1, 0.15) is 27.2 Å². The number of hydrogen-bond donors (Lipinski definition) is 3. The third-order valence-corrected chi connectivity index (χ3v) is 6.14. The second-order valence-electron chi connectivity index (χ2n) is 9.85. The summed E-state index contributed by atoms with van der Waals surface area (Å²) < 4.78 is 35.6. The van der Waals surface area contributed by atoms with E-state index in [4.69, 9.17) is 16.3 Å². The molecular weight excluding hydrogens is 508 g/mol. The van der Waals surface area contributed by atoms with Crippen molar-refractivity contribution in [2.24, 2.45) is 5.92 Å². The molecule has 3 heterocycles. The van der Waals surface area contributed by atoms with Crippen LogP contribution in [0.25, 0.3) is 27.5 Å². The molecule has 10 nitrogen and oxygen atoms in total. The lowest BCUT2D eigenvalue weighted by atomic mass is 10.0. The summed E-state index contributed by atoms with van der Waals surface area (Å²) in [6.45, 7) is 5.16. The molecule has 194 valence electrons. The maximum absolute atomic E-state index is 15.6. The number of alkyl halides is 1. The molecule has 1 saturated carbocycles. The number of halogens is 3. The first kappa shape index (κ1) is 24.8. The summed E-state index contributed by atoms with van der Waals surface area (Å²) in [7, 11) is 1.40. The van der Waals surface area contributed by atoms with Gasteiger partial charge in [-0.1, -0.05) is 11.6 Å². The molecular formula is C24H24ClF2N7O3. The van der Waals surface area contributed by atoms with Crippen LogP contribution in [-0.4, -0.2) is 55.6 Å². The normalized spacial score (nSPS) is 17.2. The van der Waals surface area contributed by atoms with E-state index in [9.17, 15) is 14.0 Å². The number of nitrogens with one attached hydrogen (secondary N) is 3. The second kappa shape index (κ2) is 8.87. The van der Waals surface area contributed by atoms with Crippen molar-refractivity contribution < 1.29 is 23.1 Å². The molecule has 0 radical (unpaired) electrons. The van der Waals surface area contributed by atoms with E-state index in [-0.39, 0.29) is 22.9 Å². The van der Waals surface area contributed by atoms with Crippen LogP contribution in [0.3, 0.4) is 0 Å². The average Bonchev–Trinajstić information content (AvgIpc) is 3.18. The molecule has 1 fully saturated rings. The molecule has 3 N–H and O–H groups in total. The first-order valence-electron chi connectivity index (χ1n) is 11.4. The molecule has 3 aromatic heterocycles. The minimum Gasteiger partial charge on any atom is -0.442 e. The smallest absolute Gasteiger partial charge is 0.428 e. The summed E-state index contributed by atoms with van der Waals surface area (Å²) in [5.74, 6) is -1.58. The fraction of sp³-hybridized carbons (Fsp3) is 0.333. The van der Waals surface area contributed by atoms with Gasteiger partial charge in [0, 0.05) is 30.3 Å². The van der Waals surface area contributed by atoms with E-state index in [2.05, 4.69) is 26.0 Å². The van der Waals surface area contributed by atoms with E-state index in [0.717, 1.165) is 5.01 Å². The fourth-order valence-corrected chi connectivity index (χ4v) is 4.22. The lowest BCUT2D eigenvalue weighted by Gasteiger charge is -2.26. The number of aromatic amines is 1. The zero-order valence-electron chi connectivity index (χ0n) is 20.4. The Labute approximate surface area is 214 Å². The standard InChI is InChI=1S/C24H24ClF2N7O3/c1-24(2,3)37-23(36)33(4)32-21-19(27)18(25)17(14-10-28-30-20(14)21)11-5-6-34-12(7-11)8-16(31-34)29-22(35)13-9-15(13)26/h5-8,10,13,15,32H,9H2,1-4H3,(H,28,30)(H,29,31,35)/t13-,15+/m1/s1. The van der Waals surface area contributed by atoms with Crippen molar-refractivity contribution in [3.05, 3.63) is 41.4 Å². The highest BCUT2D eigenvalue weighted by atomic mass is 35.5. The first-order chi connectivity index (χ1) is 17.4. The maximum Gasteiger partial charge on any atom is 0.428 e. The van der Waals surface area contributed by atoms with Crippen molar-refractivity contribution in [3.63, 3.8) is 0 Å². The Balaban J connectivity index is 1.48. The van der Waals surface area contributed by atoms with Crippen LogP contribution in [0.5, 0.6) is 0 Å². The summed E-state index contributed by atoms with van der Waals surface area (Å²) in [5, 5.41) is 15.0. The number of carbonyl (C=O) groups excluding carboxylic acids is 2. The number of benzene rings is 1. The van der Waals surface area contributed by atoms with Crippen LogP contribution in [0.2, 0.25) is 5.02 Å². The monoisotopic (exact) mass is 531 g/mol. The molecule has 1 aliphatic carbocycles. The molecule has 13 heteroatoms. The third kappa shape index (κ3) is 4.76. The maximum atomic E-state index is 15.6. The van der Waals surface area contributed by atoms with E-state index >= 15 is 4.39 Å². The fourth-order valence-electron chi connectivity index (χ4n) is 3.91. The van der Waals surface area contributed by atoms with Crippen molar-refractivity contribution in [2.75, 3.05) is 17.8 Å². The number of hydrazine groups is 1. The van der Waals surface area contributed by atoms with Crippen LogP contribution in [0.15, 0.2) is 30.6 Å². The van der Waals surface area contributed by atoms with Crippen LogP contribution >= 0.6 is 11.6 Å². The summed E-state index contributed by atoms with van der Waals surface area (Å²) in [6, 6.07) is 5.04. The lowest BCUT2D eigenvalue weighted by Crippen LogP contribution is -2.38. The van der Waals surface area contributed by atoms with Gasteiger partial charge in [0.25, 0.3) is 0 Å². The van der Waals surface area contributed by atoms with Crippen molar-refractivity contribution >= 4 is 51.5 Å². The number of rotatable bonds is 5. The topological polar surface area (TPSA) is 117 Å². The van der Waals surface area contributed by atoms with Crippen molar-refractivity contribution in [1.82, 2.24) is 24.8 Å². The Hall–Kier alpha value is -3.93. The molecule has 0 bridgehead atoms. The minimum atomic E-state index is -1.11. The van der Waals surface area contributed by atoms with Gasteiger partial charge in [-0.25, -0.2) is 23.1 Å². The third-order valence-electron chi connectivity index (χ3n) is 5.79. The van der Waals surface area contributed by atoms with Gasteiger partial charge < -0.3 is 10.1 Å². The molecule has 37 heavy (non-hydrogen) atoms. The van der Waals surface area contributed by atoms with Crippen LogP contribution in [-0.2, 0) is 9.53 Å². The Morgan fingerprint density at radius 2 is 2.05 bits per heavy atom. The van der Waals surface area contributed by atoms with Gasteiger partial charge in [0.05, 0.1) is 28.2 Å². The summed E-state index contributed by atoms with van der Waals surface area (Å²) in [6.07, 6.45) is 1.53. The lowest BCUT2D eigenvalue weighted by molar-refractivity contribution is -0.117. The van der Waals surface area contributed by atoms with Crippen LogP contribution in [0.4, 0.5) is 25.1 Å². The Morgan fingerprint density at radius 3 is 2.73 bits per heavy atom. The van der Waals surface area contributed by atoms with Gasteiger partial charge in [-0.2, -0.15) is 10.2 Å². The molecule has 0 spiro atoms. The summed E-state index contributed by atoms with van der Waals surface area (Å²) in [5.41, 5.74) is 3.72. The molecule has 0 aliphatic heterocycles. The van der Waals surface area contributed by atoms with Crippen molar-refractivity contribution in [1.29, 1.82) is 0 Å². The number of ether oxygens (including phenoxy) is 1. The van der Waals surface area contributed by atoms with Gasteiger partial charge in [0.15, 0.2) is 11.6 Å². The molecule has 1 aliphatic rings. The number of nitrogens with zero attached hydrogens (tertiary/aromatic N) is 4. The quantitative estimate of drug-likeness (QED) is 0.306. The van der Waals surface area contributed by atoms with Crippen molar-refractivity contribution in [3.8, 4) is 11.1 Å². The second-order valence-corrected chi connectivity index (χ2v) is 10.2. The molecule has 0 saturated heterocycles. The number of aromatic nitrogens is 4. The molecule has 1 aromatic carbocycles. The number of pyridine rings is 1. The molecule has 2 atom stereocenters. The van der Waals surface area contributed by atoms with E-state index in [1.807, 2.05) is 0 Å². The largest absolute Gasteiger partial charge is 0.442 e. The van der Waals surface area contributed by atoms with E-state index in [1.165, 1.54) is 17.8 Å². The van der Waals surface area contributed by atoms with Gasteiger partial charge in [0.1, 0.15) is 17.5 Å². The minimum absolute atomic E-state index is 0.0729. The highest BCUT2D eigenvalue weighted by molar-refractivity contribution is 6.36. The predicted octanol–water partition coefficient (Wildman–Crippen LogP) is 5.16. The highest BCUT2D eigenvalue weighted by Gasteiger charge is 2.43. The van der Waals surface area contributed by atoms with Gasteiger partial charge in [0.2, 0.25) is 5.91 Å². The Morgan fingerprint density at radius 1 is 1.32 bits per heavy atom. The number of H-pyrrole nitrogens is 1. The first-order valence-corrected chi connectivity index (χ1v) is 11.8. The predicted molar refractivity (Wildman–Crippen MR) is 135 cm³/mol. The molecule has 4 aromatic rings. The van der Waals surface area contributed by atoms with Gasteiger partial charge in [-0.05, 0) is 44.9 Å². The van der Waals surface area contributed by atoms with E-state index < -0.39 is 35.5 Å². The number of fused-ring (bicyclic) bond motifs is 2. The van der Waals surface area contributed by atoms with Crippen molar-refractivity contribution in [2.45, 2.75) is 39.0 Å². The summed E-state index contributed by atoms with van der Waals surface area (Å²) >= 11 is 6.51. The van der Waals surface area contributed by atoms with E-state index in [0.29, 0.717) is 27.5 Å². The molecule has 5 rings (SSSR count). The van der Waals surface area contributed by atoms with Gasteiger partial charge >= 0.3 is 6.09 Å². The average molecular weight is 532 g/mol. The Kier molecular flexibility index (Phi) is 5.94. The van der Waals surface area contributed by atoms with Crippen LogP contribution < -0.4 is 10.7 Å². The number of anilines is 2.